The van der Waals surface area contributed by atoms with Crippen LogP contribution in [0.3, 0.4) is 0 Å². The van der Waals surface area contributed by atoms with Gasteiger partial charge in [-0.25, -0.2) is 0 Å². The van der Waals surface area contributed by atoms with Gasteiger partial charge in [0.1, 0.15) is 6.54 Å². The van der Waals surface area contributed by atoms with Crippen LogP contribution in [0.5, 0.6) is 0 Å². The quantitative estimate of drug-likeness (QED) is 0.751. The van der Waals surface area contributed by atoms with Gasteiger partial charge in [-0.15, -0.1) is 0 Å². The molecule has 1 aromatic carbocycles. The molecule has 1 aliphatic carbocycles. The molecule has 2 rings (SSSR count). The molecule has 1 nitrogen and oxygen atoms in total. The molecule has 76 valence electrons. The van der Waals surface area contributed by atoms with Gasteiger partial charge in [-0.3, -0.25) is 0 Å². The van der Waals surface area contributed by atoms with Gasteiger partial charge in [-0.2, -0.15) is 0 Å². The Labute approximate surface area is 86.5 Å². The van der Waals surface area contributed by atoms with Crippen molar-refractivity contribution < 1.29 is 5.32 Å². The van der Waals surface area contributed by atoms with Crippen molar-refractivity contribution >= 4 is 0 Å². The summed E-state index contributed by atoms with van der Waals surface area (Å²) in [7, 11) is 0. The first-order valence-electron chi connectivity index (χ1n) is 5.82. The maximum absolute atomic E-state index is 2.52. The molecule has 1 aliphatic rings. The molecule has 0 saturated heterocycles. The summed E-state index contributed by atoms with van der Waals surface area (Å²) in [5.41, 5.74) is 1.46. The Morgan fingerprint density at radius 1 is 1.00 bits per heavy atom. The molecule has 0 amide bonds. The molecular formula is C13H20N+. The molecule has 0 radical (unpaired) electrons. The van der Waals surface area contributed by atoms with Crippen LogP contribution in [0.25, 0.3) is 0 Å². The largest absolute Gasteiger partial charge is 0.340 e. The second-order valence-electron chi connectivity index (χ2n) is 4.32. The molecular weight excluding hydrogens is 170 g/mol. The number of quaternary nitrogens is 1. The zero-order chi connectivity index (χ0) is 9.64. The molecule has 0 aliphatic heterocycles. The van der Waals surface area contributed by atoms with Gasteiger partial charge >= 0.3 is 0 Å². The average Bonchev–Trinajstić information content (AvgIpc) is 2.29. The number of nitrogens with two attached hydrogens (primary N) is 1. The van der Waals surface area contributed by atoms with E-state index in [0.29, 0.717) is 0 Å². The predicted octanol–water partition coefficient (Wildman–Crippen LogP) is 2.08. The number of hydrogen-bond acceptors (Lipinski definition) is 0. The van der Waals surface area contributed by atoms with E-state index in [4.69, 9.17) is 0 Å². The van der Waals surface area contributed by atoms with E-state index in [2.05, 4.69) is 35.6 Å². The number of benzene rings is 1. The third-order valence-electron chi connectivity index (χ3n) is 3.18. The second kappa shape index (κ2) is 5.16. The van der Waals surface area contributed by atoms with Crippen molar-refractivity contribution in [1.29, 1.82) is 0 Å². The lowest BCUT2D eigenvalue weighted by Crippen LogP contribution is -2.88. The molecule has 0 bridgehead atoms. The second-order valence-corrected chi connectivity index (χ2v) is 4.32. The van der Waals surface area contributed by atoms with Crippen LogP contribution in [0, 0.1) is 0 Å². The first kappa shape index (κ1) is 9.72. The summed E-state index contributed by atoms with van der Waals surface area (Å²) >= 11 is 0. The molecule has 1 saturated carbocycles. The Hall–Kier alpha value is -0.820. The van der Waals surface area contributed by atoms with E-state index < -0.39 is 0 Å². The van der Waals surface area contributed by atoms with E-state index >= 15 is 0 Å². The lowest BCUT2D eigenvalue weighted by Gasteiger charge is -2.19. The Kier molecular flexibility index (Phi) is 3.58. The van der Waals surface area contributed by atoms with Gasteiger partial charge in [-0.1, -0.05) is 36.8 Å². The van der Waals surface area contributed by atoms with Gasteiger partial charge in [0.05, 0.1) is 6.04 Å². The Morgan fingerprint density at radius 3 is 2.43 bits per heavy atom. The molecule has 2 N–H and O–H groups in total. The Morgan fingerprint density at radius 2 is 1.71 bits per heavy atom. The van der Waals surface area contributed by atoms with Crippen molar-refractivity contribution in [2.75, 3.05) is 0 Å². The van der Waals surface area contributed by atoms with E-state index in [9.17, 15) is 0 Å². The fraction of sp³-hybridized carbons (Fsp3) is 0.538. The molecule has 1 aromatic rings. The van der Waals surface area contributed by atoms with E-state index in [1.807, 2.05) is 0 Å². The number of rotatable bonds is 3. The molecule has 0 aromatic heterocycles. The van der Waals surface area contributed by atoms with Crippen LogP contribution in [-0.2, 0) is 6.54 Å². The van der Waals surface area contributed by atoms with Crippen LogP contribution in [0.4, 0.5) is 0 Å². The highest BCUT2D eigenvalue weighted by atomic mass is 14.9. The SMILES string of the molecule is c1ccc(C[NH2+]C2CCCCC2)cc1. The van der Waals surface area contributed by atoms with Gasteiger partial charge in [0, 0.05) is 5.56 Å². The summed E-state index contributed by atoms with van der Waals surface area (Å²) in [6, 6.07) is 11.7. The van der Waals surface area contributed by atoms with Crippen molar-refractivity contribution in [2.45, 2.75) is 44.7 Å². The van der Waals surface area contributed by atoms with Crippen molar-refractivity contribution in [3.63, 3.8) is 0 Å². The van der Waals surface area contributed by atoms with Crippen LogP contribution < -0.4 is 5.32 Å². The molecule has 1 heteroatoms. The summed E-state index contributed by atoms with van der Waals surface area (Å²) in [5, 5.41) is 2.52. The van der Waals surface area contributed by atoms with Crippen LogP contribution in [-0.4, -0.2) is 6.04 Å². The minimum absolute atomic E-state index is 0.893. The molecule has 1 fully saturated rings. The summed E-state index contributed by atoms with van der Waals surface area (Å²) < 4.78 is 0. The van der Waals surface area contributed by atoms with Crippen molar-refractivity contribution in [3.8, 4) is 0 Å². The van der Waals surface area contributed by atoms with Gasteiger partial charge in [0.15, 0.2) is 0 Å². The van der Waals surface area contributed by atoms with E-state index in [1.54, 1.807) is 0 Å². The summed E-state index contributed by atoms with van der Waals surface area (Å²) in [6.45, 7) is 1.16. The highest BCUT2D eigenvalue weighted by molar-refractivity contribution is 5.12. The van der Waals surface area contributed by atoms with Crippen LogP contribution in [0.15, 0.2) is 30.3 Å². The third kappa shape index (κ3) is 2.85. The maximum atomic E-state index is 2.52. The molecule has 0 atom stereocenters. The number of hydrogen-bond donors (Lipinski definition) is 1. The zero-order valence-corrected chi connectivity index (χ0v) is 8.78. The van der Waals surface area contributed by atoms with E-state index in [1.165, 1.54) is 37.7 Å². The highest BCUT2D eigenvalue weighted by Gasteiger charge is 2.15. The molecule has 0 heterocycles. The van der Waals surface area contributed by atoms with E-state index in [0.717, 1.165) is 12.6 Å². The minimum Gasteiger partial charge on any atom is -0.340 e. The minimum atomic E-state index is 0.893. The maximum Gasteiger partial charge on any atom is 0.101 e. The normalized spacial score (nSPS) is 18.3. The van der Waals surface area contributed by atoms with Gasteiger partial charge in [0.25, 0.3) is 0 Å². The van der Waals surface area contributed by atoms with Crippen LogP contribution in [0.1, 0.15) is 37.7 Å². The monoisotopic (exact) mass is 190 g/mol. The lowest BCUT2D eigenvalue weighted by atomic mass is 9.95. The Bertz CT molecular complexity index is 249. The van der Waals surface area contributed by atoms with Gasteiger partial charge in [-0.05, 0) is 25.7 Å². The van der Waals surface area contributed by atoms with Crippen LogP contribution in [0.2, 0.25) is 0 Å². The highest BCUT2D eigenvalue weighted by Crippen LogP contribution is 2.14. The molecule has 0 unspecified atom stereocenters. The van der Waals surface area contributed by atoms with Gasteiger partial charge in [0.2, 0.25) is 0 Å². The standard InChI is InChI=1S/C13H19N/c1-3-7-12(8-4-1)11-14-13-9-5-2-6-10-13/h1,3-4,7-8,13-14H,2,5-6,9-11H2/p+1. The fourth-order valence-electron chi connectivity index (χ4n) is 2.29. The predicted molar refractivity (Wildman–Crippen MR) is 58.9 cm³/mol. The van der Waals surface area contributed by atoms with Crippen molar-refractivity contribution in [3.05, 3.63) is 35.9 Å². The first-order valence-corrected chi connectivity index (χ1v) is 5.82. The summed E-state index contributed by atoms with van der Waals surface area (Å²) in [4.78, 5) is 0. The topological polar surface area (TPSA) is 16.6 Å². The van der Waals surface area contributed by atoms with Crippen molar-refractivity contribution in [2.24, 2.45) is 0 Å². The van der Waals surface area contributed by atoms with Crippen LogP contribution >= 0.6 is 0 Å². The van der Waals surface area contributed by atoms with Crippen molar-refractivity contribution in [1.82, 2.24) is 0 Å². The van der Waals surface area contributed by atoms with Gasteiger partial charge < -0.3 is 5.32 Å². The fourth-order valence-corrected chi connectivity index (χ4v) is 2.29. The summed E-state index contributed by atoms with van der Waals surface area (Å²) in [6.07, 6.45) is 7.18. The lowest BCUT2D eigenvalue weighted by molar-refractivity contribution is -0.706. The average molecular weight is 190 g/mol. The van der Waals surface area contributed by atoms with E-state index in [-0.39, 0.29) is 0 Å². The molecule has 0 spiro atoms. The summed E-state index contributed by atoms with van der Waals surface area (Å²) in [5.74, 6) is 0. The first-order chi connectivity index (χ1) is 6.95. The zero-order valence-electron chi connectivity index (χ0n) is 8.78. The third-order valence-corrected chi connectivity index (χ3v) is 3.18. The Balaban J connectivity index is 1.76. The smallest absolute Gasteiger partial charge is 0.101 e. The molecule has 14 heavy (non-hydrogen) atoms.